The van der Waals surface area contributed by atoms with Crippen LogP contribution in [0, 0.1) is 0 Å². The maximum atomic E-state index is 12.4. The monoisotopic (exact) mass is 236 g/mol. The zero-order valence-corrected chi connectivity index (χ0v) is 7.82. The molecule has 0 aromatic carbocycles. The van der Waals surface area contributed by atoms with E-state index in [0.717, 1.165) is 4.57 Å². The Balaban J connectivity index is 2.46. The van der Waals surface area contributed by atoms with Crippen LogP contribution in [0.4, 0.5) is 13.2 Å². The number of fused-ring (bicyclic) bond motifs is 1. The highest BCUT2D eigenvalue weighted by Crippen LogP contribution is 2.30. The summed E-state index contributed by atoms with van der Waals surface area (Å²) in [7, 11) is 0. The smallest absolute Gasteiger partial charge is 0.451 e. The minimum atomic E-state index is -4.62. The summed E-state index contributed by atoms with van der Waals surface area (Å²) in [5.74, 6) is -2.65. The van der Waals surface area contributed by atoms with E-state index in [1.165, 1.54) is 0 Å². The molecule has 16 heavy (non-hydrogen) atoms. The van der Waals surface area contributed by atoms with E-state index in [0.29, 0.717) is 0 Å². The van der Waals surface area contributed by atoms with Gasteiger partial charge in [0.15, 0.2) is 11.9 Å². The second kappa shape index (κ2) is 3.44. The van der Waals surface area contributed by atoms with E-state index in [1.54, 1.807) is 0 Å². The van der Waals surface area contributed by atoms with E-state index < -0.39 is 24.0 Å². The van der Waals surface area contributed by atoms with Gasteiger partial charge in [-0.05, 0) is 0 Å². The summed E-state index contributed by atoms with van der Waals surface area (Å²) in [6.45, 7) is 0.131. The van der Waals surface area contributed by atoms with E-state index in [2.05, 4.69) is 15.5 Å². The lowest BCUT2D eigenvalue weighted by Gasteiger charge is -2.22. The van der Waals surface area contributed by atoms with Crippen molar-refractivity contribution in [2.24, 2.45) is 0 Å². The molecule has 6 nitrogen and oxygen atoms in total. The van der Waals surface area contributed by atoms with Crippen LogP contribution in [0.2, 0.25) is 0 Å². The molecule has 0 bridgehead atoms. The molecule has 0 saturated heterocycles. The number of aliphatic carboxylic acids is 1. The highest BCUT2D eigenvalue weighted by molar-refractivity contribution is 5.74. The summed E-state index contributed by atoms with van der Waals surface area (Å²) in [5, 5.41) is 17.6. The molecule has 0 saturated carbocycles. The molecule has 1 aromatic heterocycles. The van der Waals surface area contributed by atoms with Crippen molar-refractivity contribution in [3.05, 3.63) is 11.6 Å². The fourth-order valence-corrected chi connectivity index (χ4v) is 1.57. The molecule has 0 spiro atoms. The van der Waals surface area contributed by atoms with Gasteiger partial charge in [0.2, 0.25) is 5.82 Å². The standard InChI is InChI=1S/C7H7F3N4O2/c8-7(9,10)6-13-12-4-3(5(15)16)11-1-2-14(4)6/h3,11H,1-2H2,(H,15,16). The molecular formula is C7H7F3N4O2. The molecule has 0 fully saturated rings. The van der Waals surface area contributed by atoms with Crippen LogP contribution >= 0.6 is 0 Å². The molecule has 1 aromatic rings. The van der Waals surface area contributed by atoms with Gasteiger partial charge in [-0.2, -0.15) is 13.2 Å². The quantitative estimate of drug-likeness (QED) is 0.718. The number of hydrogen-bond donors (Lipinski definition) is 2. The second-order valence-corrected chi connectivity index (χ2v) is 3.26. The first kappa shape index (κ1) is 10.9. The minimum Gasteiger partial charge on any atom is -0.480 e. The lowest BCUT2D eigenvalue weighted by molar-refractivity contribution is -0.148. The summed E-state index contributed by atoms with van der Waals surface area (Å²) >= 11 is 0. The van der Waals surface area contributed by atoms with Gasteiger partial charge in [-0.15, -0.1) is 10.2 Å². The number of halogens is 3. The van der Waals surface area contributed by atoms with Gasteiger partial charge in [-0.25, -0.2) is 0 Å². The van der Waals surface area contributed by atoms with Crippen molar-refractivity contribution in [3.63, 3.8) is 0 Å². The SMILES string of the molecule is O=C(O)C1NCCn2c1nnc2C(F)(F)F. The van der Waals surface area contributed by atoms with Crippen molar-refractivity contribution in [3.8, 4) is 0 Å². The molecule has 0 radical (unpaired) electrons. The van der Waals surface area contributed by atoms with Gasteiger partial charge >= 0.3 is 12.1 Å². The molecule has 1 aliphatic heterocycles. The molecular weight excluding hydrogens is 229 g/mol. The zero-order chi connectivity index (χ0) is 11.9. The number of hydrogen-bond acceptors (Lipinski definition) is 4. The summed E-state index contributed by atoms with van der Waals surface area (Å²) in [5.41, 5.74) is 0. The first-order valence-corrected chi connectivity index (χ1v) is 4.37. The number of nitrogens with zero attached hydrogens (tertiary/aromatic N) is 3. The normalized spacial score (nSPS) is 20.6. The molecule has 0 aliphatic carbocycles. The summed E-state index contributed by atoms with van der Waals surface area (Å²) in [6, 6.07) is -1.24. The number of aromatic nitrogens is 3. The number of carbonyl (C=O) groups is 1. The van der Waals surface area contributed by atoms with Gasteiger partial charge in [-0.3, -0.25) is 10.1 Å². The Labute approximate surface area is 87.1 Å². The average Bonchev–Trinajstić information content (AvgIpc) is 2.59. The van der Waals surface area contributed by atoms with Crippen LogP contribution in [-0.2, 0) is 17.5 Å². The number of alkyl halides is 3. The number of rotatable bonds is 1. The van der Waals surface area contributed by atoms with E-state index in [4.69, 9.17) is 5.11 Å². The Hall–Kier alpha value is -1.64. The molecule has 0 amide bonds. The van der Waals surface area contributed by atoms with E-state index in [-0.39, 0.29) is 18.9 Å². The maximum absolute atomic E-state index is 12.4. The van der Waals surface area contributed by atoms with Gasteiger partial charge in [0.05, 0.1) is 0 Å². The van der Waals surface area contributed by atoms with Crippen LogP contribution in [0.15, 0.2) is 0 Å². The van der Waals surface area contributed by atoms with Crippen molar-refractivity contribution >= 4 is 5.97 Å². The van der Waals surface area contributed by atoms with Crippen LogP contribution in [0.25, 0.3) is 0 Å². The Morgan fingerprint density at radius 2 is 2.19 bits per heavy atom. The van der Waals surface area contributed by atoms with Gasteiger partial charge in [-0.1, -0.05) is 0 Å². The predicted molar refractivity (Wildman–Crippen MR) is 43.4 cm³/mol. The molecule has 2 heterocycles. The third kappa shape index (κ3) is 1.62. The van der Waals surface area contributed by atoms with Crippen molar-refractivity contribution in [1.82, 2.24) is 20.1 Å². The topological polar surface area (TPSA) is 80.0 Å². The summed E-state index contributed by atoms with van der Waals surface area (Å²) < 4.78 is 38.1. The van der Waals surface area contributed by atoms with Crippen molar-refractivity contribution in [2.45, 2.75) is 18.8 Å². The molecule has 1 unspecified atom stereocenters. The fraction of sp³-hybridized carbons (Fsp3) is 0.571. The Morgan fingerprint density at radius 1 is 1.50 bits per heavy atom. The largest absolute Gasteiger partial charge is 0.480 e. The highest BCUT2D eigenvalue weighted by atomic mass is 19.4. The molecule has 1 atom stereocenters. The molecule has 1 aliphatic rings. The van der Waals surface area contributed by atoms with Crippen molar-refractivity contribution in [1.29, 1.82) is 0 Å². The maximum Gasteiger partial charge on any atom is 0.451 e. The van der Waals surface area contributed by atoms with Gasteiger partial charge in [0, 0.05) is 13.1 Å². The molecule has 2 N–H and O–H groups in total. The van der Waals surface area contributed by atoms with Crippen LogP contribution in [-0.4, -0.2) is 32.4 Å². The fourth-order valence-electron chi connectivity index (χ4n) is 1.57. The zero-order valence-electron chi connectivity index (χ0n) is 7.82. The highest BCUT2D eigenvalue weighted by Gasteiger charge is 2.41. The second-order valence-electron chi connectivity index (χ2n) is 3.26. The van der Waals surface area contributed by atoms with E-state index in [1.807, 2.05) is 0 Å². The molecule has 2 rings (SSSR count). The van der Waals surface area contributed by atoms with Crippen LogP contribution in [0.1, 0.15) is 17.7 Å². The minimum absolute atomic E-state index is 0.000949. The lowest BCUT2D eigenvalue weighted by Crippen LogP contribution is -2.39. The average molecular weight is 236 g/mol. The third-order valence-corrected chi connectivity index (χ3v) is 2.22. The first-order valence-electron chi connectivity index (χ1n) is 4.37. The van der Waals surface area contributed by atoms with Crippen LogP contribution in [0.5, 0.6) is 0 Å². The van der Waals surface area contributed by atoms with Gasteiger partial charge in [0.1, 0.15) is 0 Å². The van der Waals surface area contributed by atoms with Gasteiger partial charge in [0.25, 0.3) is 0 Å². The summed E-state index contributed by atoms with van der Waals surface area (Å²) in [4.78, 5) is 10.8. The third-order valence-electron chi connectivity index (χ3n) is 2.22. The van der Waals surface area contributed by atoms with Crippen LogP contribution < -0.4 is 5.32 Å². The Bertz CT molecular complexity index is 428. The van der Waals surface area contributed by atoms with E-state index in [9.17, 15) is 18.0 Å². The molecule has 9 heteroatoms. The van der Waals surface area contributed by atoms with E-state index >= 15 is 0 Å². The van der Waals surface area contributed by atoms with Crippen molar-refractivity contribution in [2.75, 3.05) is 6.54 Å². The van der Waals surface area contributed by atoms with Crippen molar-refractivity contribution < 1.29 is 23.1 Å². The number of carboxylic acid groups (broad SMARTS) is 1. The lowest BCUT2D eigenvalue weighted by atomic mass is 10.2. The number of carboxylic acids is 1. The Morgan fingerprint density at radius 3 is 2.75 bits per heavy atom. The van der Waals surface area contributed by atoms with Gasteiger partial charge < -0.3 is 9.67 Å². The predicted octanol–water partition coefficient (Wildman–Crippen LogP) is 0.0258. The van der Waals surface area contributed by atoms with Crippen LogP contribution in [0.3, 0.4) is 0 Å². The number of nitrogens with one attached hydrogen (secondary N) is 1. The molecule has 88 valence electrons. The summed E-state index contributed by atoms with van der Waals surface area (Å²) in [6.07, 6.45) is -4.62. The first-order chi connectivity index (χ1) is 7.41. The Kier molecular flexibility index (Phi) is 2.34.